The highest BCUT2D eigenvalue weighted by molar-refractivity contribution is 6.02. The normalized spacial score (nSPS) is 27.5. The molecule has 0 spiro atoms. The van der Waals surface area contributed by atoms with E-state index in [0.29, 0.717) is 19.1 Å². The maximum absolute atomic E-state index is 13.0. The molecule has 2 atom stereocenters. The van der Waals surface area contributed by atoms with E-state index in [0.717, 1.165) is 19.3 Å². The Balaban J connectivity index is 2.32. The van der Waals surface area contributed by atoms with Crippen molar-refractivity contribution in [3.8, 4) is 0 Å². The van der Waals surface area contributed by atoms with E-state index in [2.05, 4.69) is 0 Å². The van der Waals surface area contributed by atoms with Crippen LogP contribution in [0, 0.1) is 34.5 Å². The molecule has 0 aromatic rings. The molecule has 0 aliphatic heterocycles. The highest BCUT2D eigenvalue weighted by Crippen LogP contribution is 2.67. The van der Waals surface area contributed by atoms with Gasteiger partial charge in [-0.25, -0.2) is 0 Å². The lowest BCUT2D eigenvalue weighted by atomic mass is 9.57. The van der Waals surface area contributed by atoms with Gasteiger partial charge < -0.3 is 9.47 Å². The summed E-state index contributed by atoms with van der Waals surface area (Å²) in [6, 6.07) is 0. The van der Waals surface area contributed by atoms with E-state index in [9.17, 15) is 9.59 Å². The Hall–Kier alpha value is -1.06. The number of carbonyl (C=O) groups is 2. The topological polar surface area (TPSA) is 52.6 Å². The molecule has 0 N–H and O–H groups in total. The molecule has 2 bridgehead atoms. The van der Waals surface area contributed by atoms with E-state index < -0.39 is 10.8 Å². The highest BCUT2D eigenvalue weighted by Gasteiger charge is 2.72. The standard InChI is InChI=1S/C19H32O4/c1-12(2)10-22-16(20)19(17(21)23-11-13(3)4)15-8-7-14(9-15)18(19,5)6/h12-15H,7-11H2,1-6H3. The molecule has 4 heteroatoms. The van der Waals surface area contributed by atoms with Crippen LogP contribution in [0.3, 0.4) is 0 Å². The summed E-state index contributed by atoms with van der Waals surface area (Å²) in [7, 11) is 0. The van der Waals surface area contributed by atoms with Crippen LogP contribution in [0.4, 0.5) is 0 Å². The minimum absolute atomic E-state index is 0.0572. The maximum Gasteiger partial charge on any atom is 0.324 e. The zero-order valence-electron chi connectivity index (χ0n) is 15.5. The molecule has 2 saturated carbocycles. The first-order chi connectivity index (χ1) is 10.6. The van der Waals surface area contributed by atoms with Crippen molar-refractivity contribution in [2.75, 3.05) is 13.2 Å². The molecule has 2 unspecified atom stereocenters. The number of carbonyl (C=O) groups excluding carboxylic acids is 2. The van der Waals surface area contributed by atoms with Crippen LogP contribution in [0.25, 0.3) is 0 Å². The summed E-state index contributed by atoms with van der Waals surface area (Å²) >= 11 is 0. The van der Waals surface area contributed by atoms with E-state index in [4.69, 9.17) is 9.47 Å². The first kappa shape index (κ1) is 18.3. The summed E-state index contributed by atoms with van der Waals surface area (Å²) in [5.74, 6) is 0.232. The van der Waals surface area contributed by atoms with Gasteiger partial charge in [-0.1, -0.05) is 41.5 Å². The van der Waals surface area contributed by atoms with Gasteiger partial charge in [0.05, 0.1) is 13.2 Å². The van der Waals surface area contributed by atoms with Crippen LogP contribution in [-0.2, 0) is 19.1 Å². The van der Waals surface area contributed by atoms with Gasteiger partial charge in [0.2, 0.25) is 0 Å². The van der Waals surface area contributed by atoms with Crippen LogP contribution in [0.1, 0.15) is 60.8 Å². The molecule has 2 fully saturated rings. The molecular weight excluding hydrogens is 292 g/mol. The average molecular weight is 324 g/mol. The fourth-order valence-electron chi connectivity index (χ4n) is 4.53. The summed E-state index contributed by atoms with van der Waals surface area (Å²) in [5, 5.41) is 0. The van der Waals surface area contributed by atoms with Gasteiger partial charge in [0.1, 0.15) is 0 Å². The van der Waals surface area contributed by atoms with Crippen LogP contribution in [0.5, 0.6) is 0 Å². The van der Waals surface area contributed by atoms with E-state index in [1.54, 1.807) is 0 Å². The van der Waals surface area contributed by atoms with E-state index in [-0.39, 0.29) is 29.7 Å². The minimum atomic E-state index is -1.13. The van der Waals surface area contributed by atoms with Gasteiger partial charge in [-0.2, -0.15) is 0 Å². The predicted molar refractivity (Wildman–Crippen MR) is 88.6 cm³/mol. The molecule has 2 aliphatic carbocycles. The van der Waals surface area contributed by atoms with E-state index >= 15 is 0 Å². The summed E-state index contributed by atoms with van der Waals surface area (Å²) in [4.78, 5) is 26.1. The molecule has 4 nitrogen and oxygen atoms in total. The number of rotatable bonds is 6. The lowest BCUT2D eigenvalue weighted by molar-refractivity contribution is -0.189. The van der Waals surface area contributed by atoms with Gasteiger partial charge in [-0.15, -0.1) is 0 Å². The maximum atomic E-state index is 13.0. The van der Waals surface area contributed by atoms with Crippen LogP contribution in [0.15, 0.2) is 0 Å². The van der Waals surface area contributed by atoms with Crippen LogP contribution < -0.4 is 0 Å². The third-order valence-corrected chi connectivity index (χ3v) is 5.82. The quantitative estimate of drug-likeness (QED) is 0.550. The average Bonchev–Trinajstić information content (AvgIpc) is 3.00. The summed E-state index contributed by atoms with van der Waals surface area (Å²) in [5.41, 5.74) is -1.53. The second kappa shape index (κ2) is 6.45. The smallest absolute Gasteiger partial charge is 0.324 e. The van der Waals surface area contributed by atoms with Gasteiger partial charge in [-0.3, -0.25) is 9.59 Å². The molecule has 2 rings (SSSR count). The Morgan fingerprint density at radius 3 is 1.70 bits per heavy atom. The number of hydrogen-bond acceptors (Lipinski definition) is 4. The zero-order chi connectivity index (χ0) is 17.4. The van der Waals surface area contributed by atoms with Crippen molar-refractivity contribution in [1.29, 1.82) is 0 Å². The van der Waals surface area contributed by atoms with Crippen molar-refractivity contribution < 1.29 is 19.1 Å². The highest BCUT2D eigenvalue weighted by atomic mass is 16.6. The van der Waals surface area contributed by atoms with Crippen LogP contribution in [-0.4, -0.2) is 25.2 Å². The summed E-state index contributed by atoms with van der Waals surface area (Å²) in [6.45, 7) is 12.8. The minimum Gasteiger partial charge on any atom is -0.465 e. The van der Waals surface area contributed by atoms with E-state index in [1.165, 1.54) is 0 Å². The van der Waals surface area contributed by atoms with Crippen molar-refractivity contribution >= 4 is 11.9 Å². The van der Waals surface area contributed by atoms with Gasteiger partial charge in [0, 0.05) is 0 Å². The second-order valence-electron chi connectivity index (χ2n) is 8.72. The Labute approximate surface area is 140 Å². The molecule has 0 amide bonds. The fourth-order valence-corrected chi connectivity index (χ4v) is 4.53. The Morgan fingerprint density at radius 1 is 0.913 bits per heavy atom. The molecule has 0 heterocycles. The number of ether oxygens (including phenoxy) is 2. The monoisotopic (exact) mass is 324 g/mol. The Kier molecular flexibility index (Phi) is 5.12. The lowest BCUT2D eigenvalue weighted by Gasteiger charge is -2.45. The largest absolute Gasteiger partial charge is 0.465 e. The Bertz CT molecular complexity index is 440. The summed E-state index contributed by atoms with van der Waals surface area (Å²) < 4.78 is 11.1. The van der Waals surface area contributed by atoms with Crippen LogP contribution >= 0.6 is 0 Å². The van der Waals surface area contributed by atoms with E-state index in [1.807, 2.05) is 41.5 Å². The van der Waals surface area contributed by atoms with Gasteiger partial charge >= 0.3 is 11.9 Å². The SMILES string of the molecule is CC(C)COC(=O)C1(C(=O)OCC(C)C)C2CCC(C2)C1(C)C. The van der Waals surface area contributed by atoms with Crippen molar-refractivity contribution in [2.45, 2.75) is 60.8 Å². The number of hydrogen-bond donors (Lipinski definition) is 0. The first-order valence-electron chi connectivity index (χ1n) is 8.98. The third kappa shape index (κ3) is 2.89. The third-order valence-electron chi connectivity index (χ3n) is 5.82. The molecule has 132 valence electrons. The van der Waals surface area contributed by atoms with Crippen molar-refractivity contribution in [3.05, 3.63) is 0 Å². The zero-order valence-corrected chi connectivity index (χ0v) is 15.5. The van der Waals surface area contributed by atoms with Gasteiger partial charge in [0.25, 0.3) is 0 Å². The van der Waals surface area contributed by atoms with Crippen molar-refractivity contribution in [1.82, 2.24) is 0 Å². The lowest BCUT2D eigenvalue weighted by Crippen LogP contribution is -2.56. The number of esters is 2. The van der Waals surface area contributed by atoms with Gasteiger partial charge in [-0.05, 0) is 48.3 Å². The fraction of sp³-hybridized carbons (Fsp3) is 0.895. The number of fused-ring (bicyclic) bond motifs is 2. The molecule has 0 saturated heterocycles. The molecule has 0 aromatic carbocycles. The van der Waals surface area contributed by atoms with Gasteiger partial charge in [0.15, 0.2) is 5.41 Å². The molecule has 23 heavy (non-hydrogen) atoms. The first-order valence-corrected chi connectivity index (χ1v) is 8.98. The predicted octanol–water partition coefficient (Wildman–Crippen LogP) is 3.83. The van der Waals surface area contributed by atoms with Crippen molar-refractivity contribution in [3.63, 3.8) is 0 Å². The molecular formula is C19H32O4. The molecule has 0 radical (unpaired) electrons. The van der Waals surface area contributed by atoms with Crippen molar-refractivity contribution in [2.24, 2.45) is 34.5 Å². The molecule has 2 aliphatic rings. The Morgan fingerprint density at radius 2 is 1.35 bits per heavy atom. The van der Waals surface area contributed by atoms with Crippen LogP contribution in [0.2, 0.25) is 0 Å². The molecule has 0 aromatic heterocycles. The second-order valence-corrected chi connectivity index (χ2v) is 8.72. The summed E-state index contributed by atoms with van der Waals surface area (Å²) in [6.07, 6.45) is 2.94.